The van der Waals surface area contributed by atoms with Gasteiger partial charge in [0.1, 0.15) is 11.5 Å². The number of aromatic nitrogens is 2. The Morgan fingerprint density at radius 3 is 2.79 bits per heavy atom. The van der Waals surface area contributed by atoms with Gasteiger partial charge in [0.25, 0.3) is 5.91 Å². The molecule has 0 saturated carbocycles. The van der Waals surface area contributed by atoms with E-state index in [1.54, 1.807) is 6.20 Å². The molecule has 1 aromatic heterocycles. The number of ether oxygens (including phenoxy) is 1. The Morgan fingerprint density at radius 1 is 1.29 bits per heavy atom. The maximum absolute atomic E-state index is 12.1. The minimum absolute atomic E-state index is 0.123. The minimum atomic E-state index is -0.213. The van der Waals surface area contributed by atoms with Gasteiger partial charge in [0.15, 0.2) is 0 Å². The fourth-order valence-corrected chi connectivity index (χ4v) is 2.68. The van der Waals surface area contributed by atoms with Gasteiger partial charge in [-0.1, -0.05) is 30.3 Å². The van der Waals surface area contributed by atoms with Gasteiger partial charge in [0.05, 0.1) is 18.5 Å². The lowest BCUT2D eigenvalue weighted by molar-refractivity contribution is 0.0853. The first-order chi connectivity index (χ1) is 11.7. The highest BCUT2D eigenvalue weighted by Crippen LogP contribution is 2.12. The molecule has 0 aliphatic carbocycles. The summed E-state index contributed by atoms with van der Waals surface area (Å²) in [4.78, 5) is 22.7. The lowest BCUT2D eigenvalue weighted by Gasteiger charge is -2.18. The Morgan fingerprint density at radius 2 is 2.12 bits per heavy atom. The second kappa shape index (κ2) is 7.88. The van der Waals surface area contributed by atoms with E-state index in [-0.39, 0.29) is 12.0 Å². The highest BCUT2D eigenvalue weighted by molar-refractivity contribution is 5.92. The summed E-state index contributed by atoms with van der Waals surface area (Å²) >= 11 is 0. The Bertz CT molecular complexity index is 654. The number of carbonyl (C=O) groups excluding carboxylic acids is 1. The second-order valence-corrected chi connectivity index (χ2v) is 5.95. The number of anilines is 1. The Hall–Kier alpha value is -2.47. The zero-order valence-electron chi connectivity index (χ0n) is 13.8. The van der Waals surface area contributed by atoms with Crippen molar-refractivity contribution in [3.05, 3.63) is 54.0 Å². The highest BCUT2D eigenvalue weighted by atomic mass is 16.5. The average Bonchev–Trinajstić information content (AvgIpc) is 3.14. The number of hydrogen-bond acceptors (Lipinski definition) is 5. The standard InChI is InChI=1S/C18H22N4O2/c1-22(13-14-6-3-2-4-7-14)17-12-19-16(11-20-17)18(23)21-10-15-8-5-9-24-15/h2-4,6-7,11-12,15H,5,8-10,13H2,1H3,(H,21,23). The summed E-state index contributed by atoms with van der Waals surface area (Å²) in [6.07, 6.45) is 5.32. The normalized spacial score (nSPS) is 16.8. The first-order valence-electron chi connectivity index (χ1n) is 8.19. The maximum atomic E-state index is 12.1. The summed E-state index contributed by atoms with van der Waals surface area (Å²) in [6.45, 7) is 2.04. The van der Waals surface area contributed by atoms with Crippen LogP contribution >= 0.6 is 0 Å². The molecular weight excluding hydrogens is 304 g/mol. The summed E-state index contributed by atoms with van der Waals surface area (Å²) in [5, 5.41) is 2.85. The molecule has 0 radical (unpaired) electrons. The van der Waals surface area contributed by atoms with Crippen LogP contribution in [0.25, 0.3) is 0 Å². The molecule has 6 nitrogen and oxygen atoms in total. The van der Waals surface area contributed by atoms with E-state index in [9.17, 15) is 4.79 Å². The quantitative estimate of drug-likeness (QED) is 0.880. The molecule has 1 amide bonds. The number of nitrogens with one attached hydrogen (secondary N) is 1. The van der Waals surface area contributed by atoms with Crippen LogP contribution in [0.5, 0.6) is 0 Å². The molecule has 1 atom stereocenters. The molecule has 1 unspecified atom stereocenters. The number of rotatable bonds is 6. The highest BCUT2D eigenvalue weighted by Gasteiger charge is 2.17. The van der Waals surface area contributed by atoms with Crippen molar-refractivity contribution < 1.29 is 9.53 Å². The Balaban J connectivity index is 1.55. The van der Waals surface area contributed by atoms with Gasteiger partial charge in [-0.25, -0.2) is 9.97 Å². The van der Waals surface area contributed by atoms with Crippen molar-refractivity contribution in [1.82, 2.24) is 15.3 Å². The van der Waals surface area contributed by atoms with Gasteiger partial charge >= 0.3 is 0 Å². The topological polar surface area (TPSA) is 67.4 Å². The predicted octanol–water partition coefficient (Wildman–Crippen LogP) is 2.02. The zero-order chi connectivity index (χ0) is 16.8. The van der Waals surface area contributed by atoms with E-state index in [2.05, 4.69) is 27.4 Å². The van der Waals surface area contributed by atoms with Crippen molar-refractivity contribution in [2.45, 2.75) is 25.5 Å². The molecule has 2 aromatic rings. The molecule has 1 aromatic carbocycles. The predicted molar refractivity (Wildman–Crippen MR) is 91.9 cm³/mol. The van der Waals surface area contributed by atoms with Gasteiger partial charge in [0.2, 0.25) is 0 Å². The van der Waals surface area contributed by atoms with Crippen LogP contribution in [0.15, 0.2) is 42.7 Å². The lowest BCUT2D eigenvalue weighted by Crippen LogP contribution is -2.32. The van der Waals surface area contributed by atoms with Crippen molar-refractivity contribution in [1.29, 1.82) is 0 Å². The summed E-state index contributed by atoms with van der Waals surface area (Å²) < 4.78 is 5.49. The first-order valence-corrected chi connectivity index (χ1v) is 8.19. The van der Waals surface area contributed by atoms with Gasteiger partial charge in [-0.05, 0) is 18.4 Å². The van der Waals surface area contributed by atoms with E-state index < -0.39 is 0 Å². The molecule has 1 aliphatic heterocycles. The van der Waals surface area contributed by atoms with E-state index in [4.69, 9.17) is 4.74 Å². The Kier molecular flexibility index (Phi) is 5.38. The molecule has 1 saturated heterocycles. The summed E-state index contributed by atoms with van der Waals surface area (Å²) in [5.74, 6) is 0.518. The molecule has 24 heavy (non-hydrogen) atoms. The summed E-state index contributed by atoms with van der Waals surface area (Å²) in [5.41, 5.74) is 1.52. The number of amides is 1. The smallest absolute Gasteiger partial charge is 0.271 e. The van der Waals surface area contributed by atoms with E-state index in [0.717, 1.165) is 31.8 Å². The van der Waals surface area contributed by atoms with Crippen LogP contribution in [-0.4, -0.2) is 42.2 Å². The number of carbonyl (C=O) groups is 1. The van der Waals surface area contributed by atoms with Crippen LogP contribution in [0.1, 0.15) is 28.9 Å². The van der Waals surface area contributed by atoms with Crippen LogP contribution in [0.3, 0.4) is 0 Å². The van der Waals surface area contributed by atoms with E-state index in [0.29, 0.717) is 12.2 Å². The van der Waals surface area contributed by atoms with Gasteiger partial charge in [-0.2, -0.15) is 0 Å². The molecule has 1 fully saturated rings. The molecule has 3 rings (SSSR count). The molecule has 126 valence electrons. The molecule has 0 bridgehead atoms. The van der Waals surface area contributed by atoms with Crippen LogP contribution in [0.2, 0.25) is 0 Å². The molecule has 2 heterocycles. The summed E-state index contributed by atoms with van der Waals surface area (Å²) in [7, 11) is 1.95. The van der Waals surface area contributed by atoms with Gasteiger partial charge < -0.3 is 15.0 Å². The van der Waals surface area contributed by atoms with Crippen molar-refractivity contribution in [2.24, 2.45) is 0 Å². The van der Waals surface area contributed by atoms with Crippen LogP contribution in [-0.2, 0) is 11.3 Å². The third-order valence-corrected chi connectivity index (χ3v) is 4.04. The number of hydrogen-bond donors (Lipinski definition) is 1. The SMILES string of the molecule is CN(Cc1ccccc1)c1cnc(C(=O)NCC2CCCO2)cn1. The Labute approximate surface area is 141 Å². The molecule has 6 heteroatoms. The van der Waals surface area contributed by atoms with Crippen LogP contribution < -0.4 is 10.2 Å². The van der Waals surface area contributed by atoms with E-state index >= 15 is 0 Å². The van der Waals surface area contributed by atoms with Crippen LogP contribution in [0, 0.1) is 0 Å². The van der Waals surface area contributed by atoms with E-state index in [1.165, 1.54) is 11.8 Å². The fraction of sp³-hybridized carbons (Fsp3) is 0.389. The third kappa shape index (κ3) is 4.29. The number of benzene rings is 1. The zero-order valence-corrected chi connectivity index (χ0v) is 13.8. The minimum Gasteiger partial charge on any atom is -0.376 e. The largest absolute Gasteiger partial charge is 0.376 e. The average molecular weight is 326 g/mol. The van der Waals surface area contributed by atoms with Crippen molar-refractivity contribution >= 4 is 11.7 Å². The van der Waals surface area contributed by atoms with Gasteiger partial charge in [0, 0.05) is 26.7 Å². The third-order valence-electron chi connectivity index (χ3n) is 4.04. The van der Waals surface area contributed by atoms with Crippen molar-refractivity contribution in [2.75, 3.05) is 25.1 Å². The monoisotopic (exact) mass is 326 g/mol. The number of nitrogens with zero attached hydrogens (tertiary/aromatic N) is 3. The van der Waals surface area contributed by atoms with Crippen molar-refractivity contribution in [3.63, 3.8) is 0 Å². The maximum Gasteiger partial charge on any atom is 0.271 e. The summed E-state index contributed by atoms with van der Waals surface area (Å²) in [6, 6.07) is 10.1. The molecule has 1 N–H and O–H groups in total. The first kappa shape index (κ1) is 16.4. The van der Waals surface area contributed by atoms with Gasteiger partial charge in [-0.15, -0.1) is 0 Å². The molecule has 1 aliphatic rings. The fourth-order valence-electron chi connectivity index (χ4n) is 2.68. The molecular formula is C18H22N4O2. The second-order valence-electron chi connectivity index (χ2n) is 5.95. The molecule has 0 spiro atoms. The van der Waals surface area contributed by atoms with E-state index in [1.807, 2.05) is 30.1 Å². The van der Waals surface area contributed by atoms with Gasteiger partial charge in [-0.3, -0.25) is 4.79 Å². The van der Waals surface area contributed by atoms with Crippen LogP contribution in [0.4, 0.5) is 5.82 Å². The lowest BCUT2D eigenvalue weighted by atomic mass is 10.2. The van der Waals surface area contributed by atoms with Crippen molar-refractivity contribution in [3.8, 4) is 0 Å².